The summed E-state index contributed by atoms with van der Waals surface area (Å²) in [5.41, 5.74) is 4.09. The number of fused-ring (bicyclic) bond motifs is 1. The molecule has 1 amide bonds. The summed E-state index contributed by atoms with van der Waals surface area (Å²) in [6.07, 6.45) is 5.93. The van der Waals surface area contributed by atoms with E-state index in [0.29, 0.717) is 23.9 Å². The summed E-state index contributed by atoms with van der Waals surface area (Å²) in [6.45, 7) is 0.603. The van der Waals surface area contributed by atoms with Crippen LogP contribution in [0.25, 0.3) is 10.9 Å². The van der Waals surface area contributed by atoms with Crippen LogP contribution in [0.5, 0.6) is 0 Å². The Hall–Kier alpha value is -3.24. The van der Waals surface area contributed by atoms with E-state index in [9.17, 15) is 9.18 Å². The highest BCUT2D eigenvalue weighted by molar-refractivity contribution is 6.30. The SMILES string of the molecule is O=C(Cc1ccc(Cl)cc1)N(Cc1ccccc1)C1CCC(c2ccnc3ccc(F)cc23)CC1. The molecule has 3 aromatic carbocycles. The molecule has 1 aliphatic carbocycles. The number of benzene rings is 3. The Labute approximate surface area is 210 Å². The summed E-state index contributed by atoms with van der Waals surface area (Å²) in [5.74, 6) is 0.238. The Morgan fingerprint density at radius 3 is 2.40 bits per heavy atom. The van der Waals surface area contributed by atoms with Crippen LogP contribution >= 0.6 is 11.6 Å². The number of carbonyl (C=O) groups excluding carboxylic acids is 1. The molecule has 1 aromatic heterocycles. The molecule has 35 heavy (non-hydrogen) atoms. The van der Waals surface area contributed by atoms with Crippen LogP contribution in [0, 0.1) is 5.82 Å². The highest BCUT2D eigenvalue weighted by Crippen LogP contribution is 2.38. The monoisotopic (exact) mass is 486 g/mol. The molecule has 1 fully saturated rings. The van der Waals surface area contributed by atoms with Gasteiger partial charge in [-0.1, -0.05) is 54.1 Å². The lowest BCUT2D eigenvalue weighted by Gasteiger charge is -2.37. The van der Waals surface area contributed by atoms with E-state index in [1.807, 2.05) is 54.7 Å². The maximum atomic E-state index is 14.0. The van der Waals surface area contributed by atoms with Gasteiger partial charge in [0.2, 0.25) is 5.91 Å². The molecule has 1 aliphatic rings. The summed E-state index contributed by atoms with van der Waals surface area (Å²) in [6, 6.07) is 24.7. The van der Waals surface area contributed by atoms with E-state index in [4.69, 9.17) is 11.6 Å². The second-order valence-electron chi connectivity index (χ2n) is 9.38. The first-order valence-corrected chi connectivity index (χ1v) is 12.6. The molecule has 0 spiro atoms. The van der Waals surface area contributed by atoms with E-state index in [0.717, 1.165) is 53.3 Å². The van der Waals surface area contributed by atoms with Gasteiger partial charge in [0, 0.05) is 29.2 Å². The second kappa shape index (κ2) is 10.6. The number of carbonyl (C=O) groups is 1. The van der Waals surface area contributed by atoms with Crippen molar-refractivity contribution in [3.63, 3.8) is 0 Å². The molecule has 4 aromatic rings. The van der Waals surface area contributed by atoms with Crippen LogP contribution < -0.4 is 0 Å². The summed E-state index contributed by atoms with van der Waals surface area (Å²) in [4.78, 5) is 20.0. The lowest BCUT2D eigenvalue weighted by Crippen LogP contribution is -2.42. The normalized spacial score (nSPS) is 17.9. The zero-order valence-corrected chi connectivity index (χ0v) is 20.3. The van der Waals surface area contributed by atoms with Gasteiger partial charge in [0.1, 0.15) is 5.82 Å². The zero-order valence-electron chi connectivity index (χ0n) is 19.5. The largest absolute Gasteiger partial charge is 0.335 e. The zero-order chi connectivity index (χ0) is 24.2. The first-order valence-electron chi connectivity index (χ1n) is 12.2. The van der Waals surface area contributed by atoms with E-state index < -0.39 is 0 Å². The van der Waals surface area contributed by atoms with E-state index in [1.54, 1.807) is 12.1 Å². The number of halogens is 2. The van der Waals surface area contributed by atoms with Gasteiger partial charge in [-0.05, 0) is 84.7 Å². The molecule has 5 rings (SSSR count). The Morgan fingerprint density at radius 1 is 0.914 bits per heavy atom. The average molecular weight is 487 g/mol. The molecule has 178 valence electrons. The molecule has 0 atom stereocenters. The van der Waals surface area contributed by atoms with Gasteiger partial charge < -0.3 is 4.90 Å². The molecule has 0 aliphatic heterocycles. The number of aromatic nitrogens is 1. The van der Waals surface area contributed by atoms with Crippen molar-refractivity contribution in [2.45, 2.75) is 50.6 Å². The molecule has 0 unspecified atom stereocenters. The molecule has 0 N–H and O–H groups in total. The first kappa shape index (κ1) is 23.5. The van der Waals surface area contributed by atoms with Gasteiger partial charge >= 0.3 is 0 Å². The first-order chi connectivity index (χ1) is 17.1. The maximum Gasteiger partial charge on any atom is 0.227 e. The van der Waals surface area contributed by atoms with Gasteiger partial charge in [0.05, 0.1) is 11.9 Å². The number of pyridine rings is 1. The van der Waals surface area contributed by atoms with Crippen LogP contribution in [0.1, 0.15) is 48.3 Å². The number of hydrogen-bond acceptors (Lipinski definition) is 2. The fraction of sp³-hybridized carbons (Fsp3) is 0.267. The minimum atomic E-state index is -0.234. The van der Waals surface area contributed by atoms with Crippen LogP contribution in [0.4, 0.5) is 4.39 Å². The predicted molar refractivity (Wildman–Crippen MR) is 139 cm³/mol. The van der Waals surface area contributed by atoms with Crippen LogP contribution in [-0.4, -0.2) is 21.8 Å². The molecule has 1 heterocycles. The molecule has 3 nitrogen and oxygen atoms in total. The summed E-state index contributed by atoms with van der Waals surface area (Å²) >= 11 is 6.03. The summed E-state index contributed by atoms with van der Waals surface area (Å²) < 4.78 is 14.0. The minimum Gasteiger partial charge on any atom is -0.335 e. The summed E-state index contributed by atoms with van der Waals surface area (Å²) in [5, 5.41) is 1.57. The van der Waals surface area contributed by atoms with Gasteiger partial charge in [0.15, 0.2) is 0 Å². The number of nitrogens with zero attached hydrogens (tertiary/aromatic N) is 2. The Bertz CT molecular complexity index is 1300. The average Bonchev–Trinajstić information content (AvgIpc) is 2.89. The predicted octanol–water partition coefficient (Wildman–Crippen LogP) is 7.33. The van der Waals surface area contributed by atoms with Crippen molar-refractivity contribution >= 4 is 28.4 Å². The van der Waals surface area contributed by atoms with E-state index in [-0.39, 0.29) is 17.8 Å². The van der Waals surface area contributed by atoms with Crippen LogP contribution in [0.3, 0.4) is 0 Å². The molecule has 0 bridgehead atoms. The molecular weight excluding hydrogens is 459 g/mol. The van der Waals surface area contributed by atoms with Crippen LogP contribution in [0.2, 0.25) is 5.02 Å². The number of amides is 1. The standard InChI is InChI=1S/C30H28ClFN2O/c31-24-10-6-21(7-11-24)18-30(35)34(20-22-4-2-1-3-5-22)26-13-8-23(9-14-26)27-16-17-33-29-15-12-25(32)19-28(27)29/h1-7,10-12,15-17,19,23,26H,8-9,13-14,18,20H2. The van der Waals surface area contributed by atoms with Gasteiger partial charge in [-0.2, -0.15) is 0 Å². The molecule has 1 saturated carbocycles. The van der Waals surface area contributed by atoms with Crippen LogP contribution in [0.15, 0.2) is 85.1 Å². The molecular formula is C30H28ClFN2O. The fourth-order valence-electron chi connectivity index (χ4n) is 5.27. The molecule has 0 radical (unpaired) electrons. The van der Waals surface area contributed by atoms with Crippen molar-refractivity contribution in [1.82, 2.24) is 9.88 Å². The highest BCUT2D eigenvalue weighted by Gasteiger charge is 2.30. The third-order valence-corrected chi connectivity index (χ3v) is 7.35. The number of hydrogen-bond donors (Lipinski definition) is 0. The van der Waals surface area contributed by atoms with Crippen molar-refractivity contribution in [2.24, 2.45) is 0 Å². The van der Waals surface area contributed by atoms with Gasteiger partial charge in [-0.15, -0.1) is 0 Å². The Kier molecular flexibility index (Phi) is 7.10. The summed E-state index contributed by atoms with van der Waals surface area (Å²) in [7, 11) is 0. The van der Waals surface area contributed by atoms with Gasteiger partial charge in [0.25, 0.3) is 0 Å². The van der Waals surface area contributed by atoms with E-state index in [1.165, 1.54) is 6.07 Å². The van der Waals surface area contributed by atoms with Crippen molar-refractivity contribution in [3.8, 4) is 0 Å². The number of rotatable bonds is 6. The highest BCUT2D eigenvalue weighted by atomic mass is 35.5. The second-order valence-corrected chi connectivity index (χ2v) is 9.81. The third-order valence-electron chi connectivity index (χ3n) is 7.10. The molecule has 0 saturated heterocycles. The fourth-order valence-corrected chi connectivity index (χ4v) is 5.40. The quantitative estimate of drug-likeness (QED) is 0.286. The topological polar surface area (TPSA) is 33.2 Å². The Morgan fingerprint density at radius 2 is 1.66 bits per heavy atom. The Balaban J connectivity index is 1.34. The molecule has 5 heteroatoms. The van der Waals surface area contributed by atoms with E-state index in [2.05, 4.69) is 22.0 Å². The van der Waals surface area contributed by atoms with Crippen molar-refractivity contribution in [3.05, 3.63) is 113 Å². The van der Waals surface area contributed by atoms with Crippen molar-refractivity contribution in [1.29, 1.82) is 0 Å². The smallest absolute Gasteiger partial charge is 0.227 e. The maximum absolute atomic E-state index is 14.0. The lowest BCUT2D eigenvalue weighted by molar-refractivity contribution is -0.134. The van der Waals surface area contributed by atoms with Crippen molar-refractivity contribution in [2.75, 3.05) is 0 Å². The van der Waals surface area contributed by atoms with Gasteiger partial charge in [-0.3, -0.25) is 9.78 Å². The minimum absolute atomic E-state index is 0.135. The van der Waals surface area contributed by atoms with Crippen LogP contribution in [-0.2, 0) is 17.8 Å². The third kappa shape index (κ3) is 5.54. The lowest BCUT2D eigenvalue weighted by atomic mass is 9.80. The van der Waals surface area contributed by atoms with E-state index >= 15 is 0 Å². The van der Waals surface area contributed by atoms with Gasteiger partial charge in [-0.25, -0.2) is 4.39 Å². The van der Waals surface area contributed by atoms with Crippen molar-refractivity contribution < 1.29 is 9.18 Å².